The predicted molar refractivity (Wildman–Crippen MR) is 190 cm³/mol. The summed E-state index contributed by atoms with van der Waals surface area (Å²) in [5.41, 5.74) is 18.3. The molecule has 0 amide bonds. The highest BCUT2D eigenvalue weighted by molar-refractivity contribution is 7.86. The van der Waals surface area contributed by atoms with E-state index in [1.807, 2.05) is 19.9 Å². The number of azide groups is 2. The number of hydrogen-bond acceptors (Lipinski definition) is 14. The van der Waals surface area contributed by atoms with Crippen molar-refractivity contribution in [2.45, 2.75) is 72.6 Å². The van der Waals surface area contributed by atoms with Crippen molar-refractivity contribution >= 4 is 43.8 Å². The van der Waals surface area contributed by atoms with E-state index in [1.54, 1.807) is 45.9 Å². The Hall–Kier alpha value is -4.45. The van der Waals surface area contributed by atoms with E-state index >= 15 is 0 Å². The van der Waals surface area contributed by atoms with Crippen molar-refractivity contribution < 1.29 is 53.8 Å². The Morgan fingerprint density at radius 1 is 0.750 bits per heavy atom. The van der Waals surface area contributed by atoms with Gasteiger partial charge >= 0.3 is 17.9 Å². The molecule has 0 unspecified atom stereocenters. The van der Waals surface area contributed by atoms with Crippen LogP contribution in [0.5, 0.6) is 0 Å². The van der Waals surface area contributed by atoms with Gasteiger partial charge in [0.25, 0.3) is 20.2 Å². The van der Waals surface area contributed by atoms with Crippen molar-refractivity contribution in [2.75, 3.05) is 32.3 Å². The zero-order valence-corrected chi connectivity index (χ0v) is 32.0. The van der Waals surface area contributed by atoms with Gasteiger partial charge in [0.2, 0.25) is 0 Å². The first kappa shape index (κ1) is 45.6. The molecular formula is C32H46N6O12S2. The molecule has 20 heteroatoms. The van der Waals surface area contributed by atoms with Crippen LogP contribution in [-0.2, 0) is 52.4 Å². The third kappa shape index (κ3) is 16.3. The molecule has 0 saturated heterocycles. The number of allylic oxidation sites excluding steroid dienone is 1. The normalized spacial score (nSPS) is 22.5. The van der Waals surface area contributed by atoms with Crippen LogP contribution in [0.3, 0.4) is 0 Å². The maximum absolute atomic E-state index is 11.7. The number of carbonyl (C=O) groups is 3. The van der Waals surface area contributed by atoms with E-state index in [2.05, 4.69) is 20.1 Å². The fourth-order valence-corrected chi connectivity index (χ4v) is 6.31. The van der Waals surface area contributed by atoms with Gasteiger partial charge in [-0.25, -0.2) is 14.4 Å². The molecular weight excluding hydrogens is 725 g/mol. The molecule has 0 N–H and O–H groups in total. The lowest BCUT2D eigenvalue weighted by Crippen LogP contribution is -2.36. The van der Waals surface area contributed by atoms with Gasteiger partial charge in [0.15, 0.2) is 0 Å². The van der Waals surface area contributed by atoms with Gasteiger partial charge in [-0.2, -0.15) is 16.8 Å². The molecule has 0 aromatic heterocycles. The SMILES string of the molecule is CCOC(=O)C1=C[C@@H](C)[C@@H](C)[C@H](OS(C)(=O)=O)C1.CCOC(=O)C1=C[C@H](N=[N+]=[N-])[C@@H](C)[C@H](OS(C)(=O)=O)C1.CCOC(=O)c1cccc(N=[N+]=[N-])c1. The second-order valence-electron chi connectivity index (χ2n) is 11.6. The molecule has 0 heterocycles. The van der Waals surface area contributed by atoms with Crippen molar-refractivity contribution in [2.24, 2.45) is 28.0 Å². The van der Waals surface area contributed by atoms with Gasteiger partial charge in [0.05, 0.1) is 56.1 Å². The van der Waals surface area contributed by atoms with Gasteiger partial charge in [-0.3, -0.25) is 8.37 Å². The topological polar surface area (TPSA) is 263 Å². The fourth-order valence-electron chi connectivity index (χ4n) is 4.93. The molecule has 288 valence electrons. The summed E-state index contributed by atoms with van der Waals surface area (Å²) in [6.45, 7) is 11.5. The van der Waals surface area contributed by atoms with Gasteiger partial charge < -0.3 is 14.2 Å². The first-order valence-electron chi connectivity index (χ1n) is 16.2. The van der Waals surface area contributed by atoms with Gasteiger partial charge in [-0.15, -0.1) is 0 Å². The maximum atomic E-state index is 11.7. The van der Waals surface area contributed by atoms with Crippen molar-refractivity contribution in [1.82, 2.24) is 0 Å². The molecule has 1 aromatic rings. The zero-order chi connectivity index (χ0) is 39.6. The first-order valence-corrected chi connectivity index (χ1v) is 19.8. The van der Waals surface area contributed by atoms with Crippen LogP contribution in [0.25, 0.3) is 20.9 Å². The Bertz CT molecular complexity index is 1790. The number of rotatable bonds is 12. The maximum Gasteiger partial charge on any atom is 0.338 e. The molecule has 2 aliphatic rings. The van der Waals surface area contributed by atoms with Crippen molar-refractivity contribution in [1.29, 1.82) is 0 Å². The summed E-state index contributed by atoms with van der Waals surface area (Å²) in [6, 6.07) is 5.69. The highest BCUT2D eigenvalue weighted by atomic mass is 32.2. The van der Waals surface area contributed by atoms with Crippen LogP contribution in [0, 0.1) is 17.8 Å². The summed E-state index contributed by atoms with van der Waals surface area (Å²) in [7, 11) is -7.19. The molecule has 3 rings (SSSR count). The van der Waals surface area contributed by atoms with E-state index < -0.39 is 56.4 Å². The van der Waals surface area contributed by atoms with Gasteiger partial charge in [-0.1, -0.05) is 55.3 Å². The third-order valence-corrected chi connectivity index (χ3v) is 8.79. The van der Waals surface area contributed by atoms with Crippen LogP contribution in [0.4, 0.5) is 5.69 Å². The lowest BCUT2D eigenvalue weighted by atomic mass is 9.81. The molecule has 6 atom stereocenters. The van der Waals surface area contributed by atoms with Crippen LogP contribution in [0.2, 0.25) is 0 Å². The summed E-state index contributed by atoms with van der Waals surface area (Å²) in [6.07, 6.45) is 4.42. The molecule has 1 aromatic carbocycles. The Morgan fingerprint density at radius 3 is 1.69 bits per heavy atom. The summed E-state index contributed by atoms with van der Waals surface area (Å²) in [5, 5.41) is 6.94. The van der Waals surface area contributed by atoms with E-state index in [-0.39, 0.29) is 42.8 Å². The van der Waals surface area contributed by atoms with Crippen LogP contribution in [0.15, 0.2) is 57.8 Å². The number of esters is 3. The van der Waals surface area contributed by atoms with Crippen LogP contribution in [-0.4, -0.2) is 85.3 Å². The number of hydrogen-bond donors (Lipinski definition) is 0. The molecule has 0 saturated carbocycles. The Kier molecular flexibility index (Phi) is 19.1. The Morgan fingerprint density at radius 2 is 1.23 bits per heavy atom. The monoisotopic (exact) mass is 770 g/mol. The second kappa shape index (κ2) is 21.8. The van der Waals surface area contributed by atoms with E-state index in [0.717, 1.165) is 12.5 Å². The quantitative estimate of drug-likeness (QED) is 0.0606. The lowest BCUT2D eigenvalue weighted by molar-refractivity contribution is -0.140. The van der Waals surface area contributed by atoms with Gasteiger partial charge in [0, 0.05) is 39.5 Å². The molecule has 0 spiro atoms. The fraction of sp³-hybridized carbons (Fsp3) is 0.594. The van der Waals surface area contributed by atoms with Crippen molar-refractivity contribution in [3.63, 3.8) is 0 Å². The Labute approximate surface area is 304 Å². The van der Waals surface area contributed by atoms with E-state index in [1.165, 1.54) is 12.1 Å². The first-order chi connectivity index (χ1) is 24.3. The number of ether oxygens (including phenoxy) is 3. The third-order valence-electron chi connectivity index (χ3n) is 7.59. The molecule has 2 aliphatic carbocycles. The number of benzene rings is 1. The zero-order valence-electron chi connectivity index (χ0n) is 30.4. The largest absolute Gasteiger partial charge is 0.463 e. The minimum Gasteiger partial charge on any atom is -0.463 e. The molecule has 0 fully saturated rings. The number of nitrogens with zero attached hydrogens (tertiary/aromatic N) is 6. The highest BCUT2D eigenvalue weighted by Gasteiger charge is 2.35. The average Bonchev–Trinajstić information content (AvgIpc) is 3.05. The Balaban J connectivity index is 0.000000396. The summed E-state index contributed by atoms with van der Waals surface area (Å²) in [5.74, 6) is -1.61. The van der Waals surface area contributed by atoms with Gasteiger partial charge in [0.1, 0.15) is 0 Å². The molecule has 52 heavy (non-hydrogen) atoms. The van der Waals surface area contributed by atoms with Crippen molar-refractivity contribution in [3.8, 4) is 0 Å². The van der Waals surface area contributed by atoms with Crippen LogP contribution >= 0.6 is 0 Å². The van der Waals surface area contributed by atoms with Crippen LogP contribution in [0.1, 0.15) is 64.7 Å². The summed E-state index contributed by atoms with van der Waals surface area (Å²) >= 11 is 0. The summed E-state index contributed by atoms with van der Waals surface area (Å²) in [4.78, 5) is 40.0. The minimum absolute atomic E-state index is 0.0397. The lowest BCUT2D eigenvalue weighted by Gasteiger charge is -2.31. The molecule has 0 bridgehead atoms. The molecule has 0 radical (unpaired) electrons. The van der Waals surface area contributed by atoms with E-state index in [4.69, 9.17) is 33.6 Å². The number of carbonyl (C=O) groups excluding carboxylic acids is 3. The summed E-state index contributed by atoms with van der Waals surface area (Å²) < 4.78 is 69.5. The van der Waals surface area contributed by atoms with E-state index in [9.17, 15) is 31.2 Å². The van der Waals surface area contributed by atoms with Crippen molar-refractivity contribution in [3.05, 3.63) is 74.0 Å². The predicted octanol–water partition coefficient (Wildman–Crippen LogP) is 5.84. The molecule has 18 nitrogen and oxygen atoms in total. The minimum atomic E-state index is -3.67. The molecule has 0 aliphatic heterocycles. The second-order valence-corrected chi connectivity index (χ2v) is 14.8. The average molecular weight is 771 g/mol. The van der Waals surface area contributed by atoms with E-state index in [0.29, 0.717) is 30.0 Å². The smallest absolute Gasteiger partial charge is 0.338 e. The standard InChI is InChI=1S/C12H20O5S.C11H17N3O5S.C9H9N3O2/c1-5-16-12(13)10-6-8(2)9(3)11(7-10)17-18(4,14)15;1-4-18-11(15)8-5-9(13-14-12)7(2)10(6-8)19-20(3,16)17;1-2-14-9(13)7-4-3-5-8(6-7)11-12-10/h6,8-9,11H,5,7H2,1-4H3;5,7,9-10H,4,6H2,1-3H3;3-6H,2H2,1H3/t8-,9-,11-;7-,9+,10-;/m11./s1. The highest BCUT2D eigenvalue weighted by Crippen LogP contribution is 2.32. The van der Waals surface area contributed by atoms with Crippen LogP contribution < -0.4 is 0 Å². The van der Waals surface area contributed by atoms with Gasteiger partial charge in [-0.05, 0) is 61.7 Å².